The normalized spacial score (nSPS) is 13.4. The second-order valence-electron chi connectivity index (χ2n) is 6.42. The van der Waals surface area contributed by atoms with Crippen LogP contribution in [-0.4, -0.2) is 11.1 Å². The molecule has 1 atom stereocenters. The maximum atomic E-state index is 11.1. The van der Waals surface area contributed by atoms with Crippen molar-refractivity contribution in [2.45, 2.75) is 53.4 Å². The lowest BCUT2D eigenvalue weighted by atomic mass is 9.78. The van der Waals surface area contributed by atoms with Crippen molar-refractivity contribution in [3.63, 3.8) is 0 Å². The van der Waals surface area contributed by atoms with E-state index >= 15 is 0 Å². The molecular weight excluding hydrogens is 224 g/mol. The first-order valence-electron chi connectivity index (χ1n) is 6.48. The van der Waals surface area contributed by atoms with Crippen molar-refractivity contribution < 1.29 is 9.90 Å². The molecule has 1 aromatic rings. The second kappa shape index (κ2) is 5.55. The van der Waals surface area contributed by atoms with E-state index in [1.807, 2.05) is 0 Å². The number of carbonyl (C=O) groups is 1. The molecule has 0 fully saturated rings. The SMILES string of the molecule is Cc1ccc(C)c(C(CC(=O)O)CC(C)(C)C)c1. The highest BCUT2D eigenvalue weighted by atomic mass is 16.4. The molecule has 1 rings (SSSR count). The van der Waals surface area contributed by atoms with Crippen LogP contribution >= 0.6 is 0 Å². The van der Waals surface area contributed by atoms with Crippen LogP contribution in [0.2, 0.25) is 0 Å². The number of rotatable bonds is 4. The van der Waals surface area contributed by atoms with Crippen LogP contribution < -0.4 is 0 Å². The number of aryl methyl sites for hydroxylation is 2. The minimum Gasteiger partial charge on any atom is -0.481 e. The third kappa shape index (κ3) is 4.52. The minimum absolute atomic E-state index is 0.0994. The zero-order chi connectivity index (χ0) is 13.9. The molecular formula is C16H24O2. The van der Waals surface area contributed by atoms with Gasteiger partial charge in [-0.25, -0.2) is 0 Å². The molecule has 18 heavy (non-hydrogen) atoms. The lowest BCUT2D eigenvalue weighted by molar-refractivity contribution is -0.137. The van der Waals surface area contributed by atoms with Crippen LogP contribution in [0.1, 0.15) is 56.2 Å². The molecule has 0 amide bonds. The summed E-state index contributed by atoms with van der Waals surface area (Å²) >= 11 is 0. The van der Waals surface area contributed by atoms with Crippen LogP contribution in [0.4, 0.5) is 0 Å². The van der Waals surface area contributed by atoms with Gasteiger partial charge in [0.05, 0.1) is 6.42 Å². The molecule has 0 spiro atoms. The van der Waals surface area contributed by atoms with Gasteiger partial charge in [-0.1, -0.05) is 44.5 Å². The molecule has 2 nitrogen and oxygen atoms in total. The van der Waals surface area contributed by atoms with Crippen molar-refractivity contribution in [2.75, 3.05) is 0 Å². The standard InChI is InChI=1S/C16H24O2/c1-11-6-7-12(2)14(8-11)13(9-15(17)18)10-16(3,4)5/h6-8,13H,9-10H2,1-5H3,(H,17,18). The zero-order valence-electron chi connectivity index (χ0n) is 12.1. The molecule has 0 aromatic heterocycles. The Labute approximate surface area is 110 Å². The average molecular weight is 248 g/mol. The summed E-state index contributed by atoms with van der Waals surface area (Å²) in [5.41, 5.74) is 3.71. The van der Waals surface area contributed by atoms with Gasteiger partial charge in [-0.2, -0.15) is 0 Å². The minimum atomic E-state index is -0.717. The summed E-state index contributed by atoms with van der Waals surface area (Å²) in [6.45, 7) is 10.6. The average Bonchev–Trinajstić information content (AvgIpc) is 2.18. The summed E-state index contributed by atoms with van der Waals surface area (Å²) in [6.07, 6.45) is 1.10. The summed E-state index contributed by atoms with van der Waals surface area (Å²) in [5.74, 6) is -0.618. The fourth-order valence-corrected chi connectivity index (χ4v) is 2.44. The molecule has 2 heteroatoms. The highest BCUT2D eigenvalue weighted by Gasteiger charge is 2.23. The molecule has 0 heterocycles. The summed E-state index contributed by atoms with van der Waals surface area (Å²) in [6, 6.07) is 6.30. The summed E-state index contributed by atoms with van der Waals surface area (Å²) in [7, 11) is 0. The van der Waals surface area contributed by atoms with Gasteiger partial charge in [0.2, 0.25) is 0 Å². The van der Waals surface area contributed by atoms with Crippen LogP contribution in [0.5, 0.6) is 0 Å². The quantitative estimate of drug-likeness (QED) is 0.862. The van der Waals surface area contributed by atoms with Crippen molar-refractivity contribution in [3.8, 4) is 0 Å². The second-order valence-corrected chi connectivity index (χ2v) is 6.42. The van der Waals surface area contributed by atoms with Gasteiger partial charge in [0, 0.05) is 0 Å². The van der Waals surface area contributed by atoms with Gasteiger partial charge in [-0.05, 0) is 42.7 Å². The molecule has 0 radical (unpaired) electrons. The smallest absolute Gasteiger partial charge is 0.303 e. The number of hydrogen-bond donors (Lipinski definition) is 1. The van der Waals surface area contributed by atoms with Crippen LogP contribution in [0.3, 0.4) is 0 Å². The summed E-state index contributed by atoms with van der Waals surface area (Å²) in [4.78, 5) is 11.1. The fraction of sp³-hybridized carbons (Fsp3) is 0.562. The molecule has 1 unspecified atom stereocenters. The first kappa shape index (κ1) is 14.7. The Balaban J connectivity index is 3.08. The van der Waals surface area contributed by atoms with E-state index in [4.69, 9.17) is 5.11 Å². The Hall–Kier alpha value is -1.31. The van der Waals surface area contributed by atoms with E-state index in [1.54, 1.807) is 0 Å². The van der Waals surface area contributed by atoms with Crippen molar-refractivity contribution in [2.24, 2.45) is 5.41 Å². The van der Waals surface area contributed by atoms with E-state index in [0.717, 1.165) is 6.42 Å². The number of carboxylic acid groups (broad SMARTS) is 1. The number of aliphatic carboxylic acids is 1. The first-order chi connectivity index (χ1) is 8.19. The lowest BCUT2D eigenvalue weighted by Gasteiger charge is -2.26. The Bertz CT molecular complexity index is 427. The monoisotopic (exact) mass is 248 g/mol. The van der Waals surface area contributed by atoms with Gasteiger partial charge in [0.15, 0.2) is 0 Å². The van der Waals surface area contributed by atoms with E-state index in [9.17, 15) is 4.79 Å². The van der Waals surface area contributed by atoms with Gasteiger partial charge >= 0.3 is 5.97 Å². The van der Waals surface area contributed by atoms with Crippen LogP contribution in [0.15, 0.2) is 18.2 Å². The van der Waals surface area contributed by atoms with Crippen molar-refractivity contribution in [3.05, 3.63) is 34.9 Å². The highest BCUT2D eigenvalue weighted by Crippen LogP contribution is 2.35. The summed E-state index contributed by atoms with van der Waals surface area (Å²) in [5, 5.41) is 9.10. The molecule has 0 saturated heterocycles. The number of carboxylic acids is 1. The van der Waals surface area contributed by atoms with Crippen LogP contribution in [0, 0.1) is 19.3 Å². The van der Waals surface area contributed by atoms with Gasteiger partial charge < -0.3 is 5.11 Å². The molecule has 0 aliphatic heterocycles. The molecule has 1 N–H and O–H groups in total. The predicted octanol–water partition coefficient (Wildman–Crippen LogP) is 4.30. The van der Waals surface area contributed by atoms with Crippen molar-refractivity contribution >= 4 is 5.97 Å². The molecule has 0 saturated carbocycles. The van der Waals surface area contributed by atoms with E-state index in [2.05, 4.69) is 52.8 Å². The first-order valence-corrected chi connectivity index (χ1v) is 6.48. The highest BCUT2D eigenvalue weighted by molar-refractivity contribution is 5.68. The van der Waals surface area contributed by atoms with Crippen LogP contribution in [0.25, 0.3) is 0 Å². The zero-order valence-corrected chi connectivity index (χ0v) is 12.1. The van der Waals surface area contributed by atoms with Crippen LogP contribution in [-0.2, 0) is 4.79 Å². The molecule has 0 aliphatic carbocycles. The van der Waals surface area contributed by atoms with Crippen molar-refractivity contribution in [1.29, 1.82) is 0 Å². The predicted molar refractivity (Wildman–Crippen MR) is 75.0 cm³/mol. The third-order valence-corrected chi connectivity index (χ3v) is 3.15. The lowest BCUT2D eigenvalue weighted by Crippen LogP contribution is -2.16. The fourth-order valence-electron chi connectivity index (χ4n) is 2.44. The number of hydrogen-bond acceptors (Lipinski definition) is 1. The molecule has 0 bridgehead atoms. The third-order valence-electron chi connectivity index (χ3n) is 3.15. The molecule has 1 aromatic carbocycles. The van der Waals surface area contributed by atoms with Gasteiger partial charge in [-0.3, -0.25) is 4.79 Å². The van der Waals surface area contributed by atoms with Crippen molar-refractivity contribution in [1.82, 2.24) is 0 Å². The topological polar surface area (TPSA) is 37.3 Å². The van der Waals surface area contributed by atoms with Gasteiger partial charge in [-0.15, -0.1) is 0 Å². The Morgan fingerprint density at radius 2 is 1.89 bits per heavy atom. The van der Waals surface area contributed by atoms with E-state index in [0.29, 0.717) is 0 Å². The Morgan fingerprint density at radius 1 is 1.28 bits per heavy atom. The number of benzene rings is 1. The largest absolute Gasteiger partial charge is 0.481 e. The molecule has 100 valence electrons. The maximum absolute atomic E-state index is 11.1. The van der Waals surface area contributed by atoms with E-state index < -0.39 is 5.97 Å². The Morgan fingerprint density at radius 3 is 2.39 bits per heavy atom. The Kier molecular flexibility index (Phi) is 4.55. The van der Waals surface area contributed by atoms with Gasteiger partial charge in [0.25, 0.3) is 0 Å². The van der Waals surface area contributed by atoms with E-state index in [1.165, 1.54) is 16.7 Å². The van der Waals surface area contributed by atoms with E-state index in [-0.39, 0.29) is 17.8 Å². The van der Waals surface area contributed by atoms with Gasteiger partial charge in [0.1, 0.15) is 0 Å². The molecule has 0 aliphatic rings. The maximum Gasteiger partial charge on any atom is 0.303 e. The summed E-state index contributed by atoms with van der Waals surface area (Å²) < 4.78 is 0.